The molecule has 0 unspecified atom stereocenters. The van der Waals surface area contributed by atoms with Gasteiger partial charge >= 0.3 is 5.97 Å². The van der Waals surface area contributed by atoms with Crippen LogP contribution in [0, 0.1) is 0 Å². The van der Waals surface area contributed by atoms with Crippen molar-refractivity contribution in [1.82, 2.24) is 4.98 Å². The van der Waals surface area contributed by atoms with Gasteiger partial charge in [-0.2, -0.15) is 0 Å². The second-order valence-electron chi connectivity index (χ2n) is 2.49. The third kappa shape index (κ3) is 2.83. The lowest BCUT2D eigenvalue weighted by Gasteiger charge is -2.01. The normalized spacial score (nSPS) is 9.92. The van der Waals surface area contributed by atoms with Crippen LogP contribution in [0.25, 0.3) is 0 Å². The zero-order valence-electron chi connectivity index (χ0n) is 7.36. The summed E-state index contributed by atoms with van der Waals surface area (Å²) in [5, 5.41) is 8.63. The minimum absolute atomic E-state index is 0.0530. The van der Waals surface area contributed by atoms with E-state index in [2.05, 4.69) is 4.98 Å². The Morgan fingerprint density at radius 2 is 2.46 bits per heavy atom. The van der Waals surface area contributed by atoms with E-state index in [9.17, 15) is 4.79 Å². The van der Waals surface area contributed by atoms with Gasteiger partial charge in [-0.25, -0.2) is 9.78 Å². The van der Waals surface area contributed by atoms with E-state index in [1.54, 1.807) is 6.07 Å². The molecular weight excluding hydrogens is 170 g/mol. The van der Waals surface area contributed by atoms with Crippen molar-refractivity contribution in [3.05, 3.63) is 29.6 Å². The van der Waals surface area contributed by atoms with Crippen LogP contribution in [0.5, 0.6) is 0 Å². The number of hydrogen-bond donors (Lipinski definition) is 1. The van der Waals surface area contributed by atoms with Gasteiger partial charge < -0.3 is 9.84 Å². The fourth-order valence-corrected chi connectivity index (χ4v) is 0.901. The molecule has 1 heterocycles. The van der Waals surface area contributed by atoms with Gasteiger partial charge in [0.1, 0.15) is 5.69 Å². The number of ether oxygens (including phenoxy) is 1. The van der Waals surface area contributed by atoms with Crippen molar-refractivity contribution in [2.24, 2.45) is 0 Å². The summed E-state index contributed by atoms with van der Waals surface area (Å²) in [6.45, 7) is 2.93. The summed E-state index contributed by atoms with van der Waals surface area (Å²) in [5.41, 5.74) is 0.881. The molecule has 4 heteroatoms. The molecule has 0 spiro atoms. The fraction of sp³-hybridized carbons (Fsp3) is 0.333. The predicted molar refractivity (Wildman–Crippen MR) is 46.5 cm³/mol. The third-order valence-electron chi connectivity index (χ3n) is 1.52. The molecule has 0 atom stereocenters. The van der Waals surface area contributed by atoms with Crippen LogP contribution in [-0.2, 0) is 11.3 Å². The highest BCUT2D eigenvalue weighted by Gasteiger charge is 2.04. The van der Waals surface area contributed by atoms with Gasteiger partial charge in [0, 0.05) is 12.8 Å². The largest absolute Gasteiger partial charge is 0.477 e. The third-order valence-corrected chi connectivity index (χ3v) is 1.52. The minimum atomic E-state index is -1.02. The highest BCUT2D eigenvalue weighted by molar-refractivity contribution is 5.85. The van der Waals surface area contributed by atoms with Crippen LogP contribution in [0.15, 0.2) is 18.3 Å². The van der Waals surface area contributed by atoms with E-state index in [0.717, 1.165) is 5.56 Å². The Balaban J connectivity index is 2.73. The van der Waals surface area contributed by atoms with E-state index in [0.29, 0.717) is 13.2 Å². The Morgan fingerprint density at radius 1 is 1.69 bits per heavy atom. The molecule has 1 N–H and O–H groups in total. The van der Waals surface area contributed by atoms with Crippen molar-refractivity contribution in [3.8, 4) is 0 Å². The van der Waals surface area contributed by atoms with Gasteiger partial charge in [-0.05, 0) is 24.6 Å². The van der Waals surface area contributed by atoms with Gasteiger partial charge in [-0.15, -0.1) is 0 Å². The molecule has 0 amide bonds. The van der Waals surface area contributed by atoms with E-state index in [1.807, 2.05) is 6.92 Å². The first-order chi connectivity index (χ1) is 6.24. The van der Waals surface area contributed by atoms with Crippen molar-refractivity contribution in [1.29, 1.82) is 0 Å². The Kier molecular flexibility index (Phi) is 3.40. The molecule has 70 valence electrons. The van der Waals surface area contributed by atoms with E-state index >= 15 is 0 Å². The summed E-state index contributed by atoms with van der Waals surface area (Å²) in [5.74, 6) is -1.02. The summed E-state index contributed by atoms with van der Waals surface area (Å²) >= 11 is 0. The van der Waals surface area contributed by atoms with E-state index in [4.69, 9.17) is 9.84 Å². The minimum Gasteiger partial charge on any atom is -0.477 e. The van der Waals surface area contributed by atoms with Gasteiger partial charge in [-0.1, -0.05) is 0 Å². The molecule has 0 saturated carbocycles. The number of aromatic nitrogens is 1. The van der Waals surface area contributed by atoms with Crippen LogP contribution in [0.4, 0.5) is 0 Å². The number of nitrogens with zero attached hydrogens (tertiary/aromatic N) is 1. The molecule has 0 aromatic carbocycles. The molecule has 1 aromatic rings. The second-order valence-corrected chi connectivity index (χ2v) is 2.49. The molecule has 0 fully saturated rings. The van der Waals surface area contributed by atoms with Crippen LogP contribution in [-0.4, -0.2) is 22.7 Å². The smallest absolute Gasteiger partial charge is 0.354 e. The van der Waals surface area contributed by atoms with Gasteiger partial charge in [0.2, 0.25) is 0 Å². The van der Waals surface area contributed by atoms with Gasteiger partial charge in [0.25, 0.3) is 0 Å². The lowest BCUT2D eigenvalue weighted by molar-refractivity contribution is 0.0690. The van der Waals surface area contributed by atoms with Gasteiger partial charge in [-0.3, -0.25) is 0 Å². The second kappa shape index (κ2) is 4.57. The van der Waals surface area contributed by atoms with Crippen molar-refractivity contribution >= 4 is 5.97 Å². The highest BCUT2D eigenvalue weighted by atomic mass is 16.5. The number of pyridine rings is 1. The summed E-state index contributed by atoms with van der Waals surface area (Å²) < 4.78 is 5.13. The number of aromatic carboxylic acids is 1. The summed E-state index contributed by atoms with van der Waals surface area (Å²) in [4.78, 5) is 14.2. The lowest BCUT2D eigenvalue weighted by atomic mass is 10.2. The average Bonchev–Trinajstić information content (AvgIpc) is 2.15. The van der Waals surface area contributed by atoms with Crippen LogP contribution in [0.1, 0.15) is 23.0 Å². The van der Waals surface area contributed by atoms with Crippen LogP contribution in [0.2, 0.25) is 0 Å². The first kappa shape index (κ1) is 9.67. The Hall–Kier alpha value is -1.42. The molecule has 4 nitrogen and oxygen atoms in total. The highest BCUT2D eigenvalue weighted by Crippen LogP contribution is 2.03. The Bertz CT molecular complexity index is 299. The number of carboxylic acids is 1. The average molecular weight is 181 g/mol. The molecule has 1 aromatic heterocycles. The van der Waals surface area contributed by atoms with Crippen molar-refractivity contribution in [2.75, 3.05) is 6.61 Å². The number of rotatable bonds is 4. The van der Waals surface area contributed by atoms with Crippen molar-refractivity contribution < 1.29 is 14.6 Å². The van der Waals surface area contributed by atoms with Gasteiger partial charge in [0.05, 0.1) is 6.61 Å². The van der Waals surface area contributed by atoms with Crippen LogP contribution < -0.4 is 0 Å². The summed E-state index contributed by atoms with van der Waals surface area (Å²) in [6.07, 6.45) is 1.47. The molecule has 0 saturated heterocycles. The molecular formula is C9H11NO3. The maximum atomic E-state index is 10.5. The molecule has 0 aliphatic heterocycles. The molecule has 1 rings (SSSR count). The molecule has 0 aliphatic carbocycles. The van der Waals surface area contributed by atoms with Crippen LogP contribution in [0.3, 0.4) is 0 Å². The van der Waals surface area contributed by atoms with Gasteiger partial charge in [0.15, 0.2) is 0 Å². The van der Waals surface area contributed by atoms with E-state index in [1.165, 1.54) is 12.3 Å². The SMILES string of the molecule is CCOCc1ccnc(C(=O)O)c1. The maximum Gasteiger partial charge on any atom is 0.354 e. The van der Waals surface area contributed by atoms with E-state index < -0.39 is 5.97 Å². The summed E-state index contributed by atoms with van der Waals surface area (Å²) in [6, 6.07) is 3.25. The lowest BCUT2D eigenvalue weighted by Crippen LogP contribution is -2.01. The fourth-order valence-electron chi connectivity index (χ4n) is 0.901. The zero-order chi connectivity index (χ0) is 9.68. The van der Waals surface area contributed by atoms with Crippen molar-refractivity contribution in [3.63, 3.8) is 0 Å². The van der Waals surface area contributed by atoms with Crippen LogP contribution >= 0.6 is 0 Å². The Morgan fingerprint density at radius 3 is 3.08 bits per heavy atom. The summed E-state index contributed by atoms with van der Waals surface area (Å²) in [7, 11) is 0. The Labute approximate surface area is 76.2 Å². The number of carbonyl (C=O) groups is 1. The number of carboxylic acid groups (broad SMARTS) is 1. The molecule has 0 radical (unpaired) electrons. The van der Waals surface area contributed by atoms with E-state index in [-0.39, 0.29) is 5.69 Å². The monoisotopic (exact) mass is 181 g/mol. The van der Waals surface area contributed by atoms with Crippen molar-refractivity contribution in [2.45, 2.75) is 13.5 Å². The maximum absolute atomic E-state index is 10.5. The molecule has 0 aliphatic rings. The molecule has 0 bridgehead atoms. The quantitative estimate of drug-likeness (QED) is 0.760. The standard InChI is InChI=1S/C9H11NO3/c1-2-13-6-7-3-4-10-8(5-7)9(11)12/h3-5H,2,6H2,1H3,(H,11,12). The first-order valence-electron chi connectivity index (χ1n) is 4.00. The molecule has 13 heavy (non-hydrogen) atoms. The topological polar surface area (TPSA) is 59.4 Å². The first-order valence-corrected chi connectivity index (χ1v) is 4.00. The predicted octanol–water partition coefficient (Wildman–Crippen LogP) is 1.32. The number of hydrogen-bond acceptors (Lipinski definition) is 3. The zero-order valence-corrected chi connectivity index (χ0v) is 7.36.